The highest BCUT2D eigenvalue weighted by Crippen LogP contribution is 2.22. The highest BCUT2D eigenvalue weighted by atomic mass is 79.9. The van der Waals surface area contributed by atoms with Crippen LogP contribution in [0.25, 0.3) is 10.9 Å². The topological polar surface area (TPSA) is 75.6 Å². The Balaban J connectivity index is 1.92. The number of aromatic amines is 1. The van der Waals surface area contributed by atoms with Gasteiger partial charge in [-0.3, -0.25) is 14.6 Å². The summed E-state index contributed by atoms with van der Waals surface area (Å²) in [5.74, 6) is -0.241. The number of nitrogens with one attached hydrogen (secondary N) is 2. The van der Waals surface area contributed by atoms with Crippen LogP contribution in [-0.2, 0) is 0 Å². The molecule has 108 valence electrons. The van der Waals surface area contributed by atoms with Gasteiger partial charge in [0.05, 0.1) is 22.4 Å². The average Bonchev–Trinajstić information content (AvgIpc) is 3.04. The largest absolute Gasteiger partial charge is 0.321 e. The van der Waals surface area contributed by atoms with Crippen LogP contribution in [0.4, 0.5) is 5.69 Å². The van der Waals surface area contributed by atoms with E-state index in [1.165, 1.54) is 0 Å². The van der Waals surface area contributed by atoms with Gasteiger partial charge in [-0.2, -0.15) is 10.2 Å². The Labute approximate surface area is 129 Å². The van der Waals surface area contributed by atoms with Crippen molar-refractivity contribution in [3.8, 4) is 0 Å². The number of carbonyl (C=O) groups excluding carboxylic acids is 1. The fourth-order valence-electron chi connectivity index (χ4n) is 2.15. The summed E-state index contributed by atoms with van der Waals surface area (Å²) in [6.07, 6.45) is 3.37. The Kier molecular flexibility index (Phi) is 3.50. The lowest BCUT2D eigenvalue weighted by Crippen LogP contribution is -2.13. The SMILES string of the molecule is CC(C)n1ncc2ccc(NC(=O)c3[nH]ncc3Br)cc21. The number of carbonyl (C=O) groups is 1. The van der Waals surface area contributed by atoms with Gasteiger partial charge in [0.25, 0.3) is 5.91 Å². The third-order valence-electron chi connectivity index (χ3n) is 3.17. The summed E-state index contributed by atoms with van der Waals surface area (Å²) in [7, 11) is 0. The van der Waals surface area contributed by atoms with E-state index in [-0.39, 0.29) is 11.9 Å². The smallest absolute Gasteiger partial charge is 0.274 e. The number of H-pyrrole nitrogens is 1. The Morgan fingerprint density at radius 2 is 2.19 bits per heavy atom. The highest BCUT2D eigenvalue weighted by molar-refractivity contribution is 9.10. The molecule has 0 aliphatic heterocycles. The van der Waals surface area contributed by atoms with Crippen LogP contribution >= 0.6 is 15.9 Å². The van der Waals surface area contributed by atoms with E-state index in [2.05, 4.69) is 50.4 Å². The third-order valence-corrected chi connectivity index (χ3v) is 3.77. The zero-order valence-corrected chi connectivity index (χ0v) is 13.2. The van der Waals surface area contributed by atoms with E-state index in [1.807, 2.05) is 29.1 Å². The maximum Gasteiger partial charge on any atom is 0.274 e. The molecule has 0 saturated carbocycles. The average molecular weight is 348 g/mol. The summed E-state index contributed by atoms with van der Waals surface area (Å²) in [4.78, 5) is 12.2. The van der Waals surface area contributed by atoms with Crippen molar-refractivity contribution in [3.05, 3.63) is 40.8 Å². The lowest BCUT2D eigenvalue weighted by atomic mass is 10.2. The van der Waals surface area contributed by atoms with Crippen molar-refractivity contribution in [2.24, 2.45) is 0 Å². The maximum atomic E-state index is 12.2. The summed E-state index contributed by atoms with van der Waals surface area (Å²) < 4.78 is 2.56. The number of amides is 1. The minimum absolute atomic E-state index is 0.241. The molecule has 21 heavy (non-hydrogen) atoms. The van der Waals surface area contributed by atoms with Gasteiger partial charge in [0, 0.05) is 17.1 Å². The Morgan fingerprint density at radius 3 is 2.86 bits per heavy atom. The molecule has 0 atom stereocenters. The molecule has 0 saturated heterocycles. The quantitative estimate of drug-likeness (QED) is 0.762. The van der Waals surface area contributed by atoms with Crippen LogP contribution in [0.2, 0.25) is 0 Å². The number of nitrogens with zero attached hydrogens (tertiary/aromatic N) is 3. The molecule has 1 amide bonds. The molecular weight excluding hydrogens is 334 g/mol. The maximum absolute atomic E-state index is 12.2. The number of hydrogen-bond acceptors (Lipinski definition) is 3. The van der Waals surface area contributed by atoms with Crippen LogP contribution < -0.4 is 5.32 Å². The van der Waals surface area contributed by atoms with Crippen LogP contribution in [0, 0.1) is 0 Å². The first-order chi connectivity index (χ1) is 10.1. The second kappa shape index (κ2) is 5.33. The fourth-order valence-corrected chi connectivity index (χ4v) is 2.52. The zero-order valence-electron chi connectivity index (χ0n) is 11.6. The number of rotatable bonds is 3. The molecule has 2 aromatic heterocycles. The summed E-state index contributed by atoms with van der Waals surface area (Å²) in [5.41, 5.74) is 2.11. The van der Waals surface area contributed by atoms with E-state index in [9.17, 15) is 4.79 Å². The van der Waals surface area contributed by atoms with E-state index < -0.39 is 0 Å². The van der Waals surface area contributed by atoms with Crippen molar-refractivity contribution in [1.29, 1.82) is 0 Å². The minimum atomic E-state index is -0.241. The van der Waals surface area contributed by atoms with Crippen LogP contribution in [0.3, 0.4) is 0 Å². The van der Waals surface area contributed by atoms with Gasteiger partial charge in [-0.05, 0) is 48.0 Å². The predicted molar refractivity (Wildman–Crippen MR) is 84.4 cm³/mol. The Morgan fingerprint density at radius 1 is 1.38 bits per heavy atom. The molecular formula is C14H14BrN5O. The molecule has 0 fully saturated rings. The van der Waals surface area contributed by atoms with E-state index in [0.29, 0.717) is 10.2 Å². The highest BCUT2D eigenvalue weighted by Gasteiger charge is 2.13. The Hall–Kier alpha value is -2.15. The first kappa shape index (κ1) is 13.8. The number of anilines is 1. The molecule has 6 nitrogen and oxygen atoms in total. The first-order valence-corrected chi connectivity index (χ1v) is 7.33. The summed E-state index contributed by atoms with van der Waals surface area (Å²) in [6.45, 7) is 4.14. The molecule has 2 N–H and O–H groups in total. The predicted octanol–water partition coefficient (Wildman–Crippen LogP) is 3.36. The molecule has 0 radical (unpaired) electrons. The van der Waals surface area contributed by atoms with Gasteiger partial charge in [0.15, 0.2) is 0 Å². The summed E-state index contributed by atoms with van der Waals surface area (Å²) >= 11 is 3.28. The number of halogens is 1. The van der Waals surface area contributed by atoms with E-state index >= 15 is 0 Å². The molecule has 0 spiro atoms. The van der Waals surface area contributed by atoms with Crippen molar-refractivity contribution < 1.29 is 4.79 Å². The van der Waals surface area contributed by atoms with Crippen LogP contribution in [-0.4, -0.2) is 25.9 Å². The molecule has 3 aromatic rings. The second-order valence-corrected chi connectivity index (χ2v) is 5.86. The van der Waals surface area contributed by atoms with Crippen LogP contribution in [0.1, 0.15) is 30.4 Å². The normalized spacial score (nSPS) is 11.2. The molecule has 1 aromatic carbocycles. The molecule has 0 aliphatic carbocycles. The first-order valence-electron chi connectivity index (χ1n) is 6.54. The van der Waals surface area contributed by atoms with Crippen LogP contribution in [0.5, 0.6) is 0 Å². The van der Waals surface area contributed by atoms with Gasteiger partial charge in [-0.15, -0.1) is 0 Å². The van der Waals surface area contributed by atoms with Gasteiger partial charge in [0.1, 0.15) is 5.69 Å². The number of aromatic nitrogens is 4. The lowest BCUT2D eigenvalue weighted by Gasteiger charge is -2.09. The summed E-state index contributed by atoms with van der Waals surface area (Å²) in [5, 5.41) is 14.7. The standard InChI is InChI=1S/C14H14BrN5O/c1-8(2)20-12-5-10(4-3-9(12)6-17-20)18-14(21)13-11(15)7-16-19-13/h3-8H,1-2H3,(H,16,19)(H,18,21). The van der Waals surface area contributed by atoms with Gasteiger partial charge < -0.3 is 5.32 Å². The molecule has 3 rings (SSSR count). The minimum Gasteiger partial charge on any atom is -0.321 e. The summed E-state index contributed by atoms with van der Waals surface area (Å²) in [6, 6.07) is 5.98. The second-order valence-electron chi connectivity index (χ2n) is 5.00. The van der Waals surface area contributed by atoms with Gasteiger partial charge >= 0.3 is 0 Å². The molecule has 2 heterocycles. The van der Waals surface area contributed by atoms with Crippen molar-refractivity contribution in [3.63, 3.8) is 0 Å². The lowest BCUT2D eigenvalue weighted by molar-refractivity contribution is 0.102. The van der Waals surface area contributed by atoms with E-state index in [1.54, 1.807) is 6.20 Å². The number of fused-ring (bicyclic) bond motifs is 1. The van der Waals surface area contributed by atoms with Gasteiger partial charge in [-0.1, -0.05) is 0 Å². The van der Waals surface area contributed by atoms with Crippen molar-refractivity contribution in [2.75, 3.05) is 5.32 Å². The number of benzene rings is 1. The monoisotopic (exact) mass is 347 g/mol. The van der Waals surface area contributed by atoms with Gasteiger partial charge in [0.2, 0.25) is 0 Å². The van der Waals surface area contributed by atoms with Crippen molar-refractivity contribution >= 4 is 38.4 Å². The molecule has 0 aliphatic rings. The van der Waals surface area contributed by atoms with E-state index in [4.69, 9.17) is 0 Å². The van der Waals surface area contributed by atoms with Crippen molar-refractivity contribution in [1.82, 2.24) is 20.0 Å². The van der Waals surface area contributed by atoms with Crippen LogP contribution in [0.15, 0.2) is 35.1 Å². The molecule has 0 unspecified atom stereocenters. The zero-order chi connectivity index (χ0) is 15.0. The van der Waals surface area contributed by atoms with Gasteiger partial charge in [-0.25, -0.2) is 0 Å². The molecule has 7 heteroatoms. The molecule has 0 bridgehead atoms. The van der Waals surface area contributed by atoms with Crippen molar-refractivity contribution in [2.45, 2.75) is 19.9 Å². The van der Waals surface area contributed by atoms with E-state index in [0.717, 1.165) is 16.6 Å². The number of hydrogen-bond donors (Lipinski definition) is 2. The fraction of sp³-hybridized carbons (Fsp3) is 0.214. The third kappa shape index (κ3) is 2.56. The Bertz CT molecular complexity index is 805.